The molecule has 0 amide bonds. The third kappa shape index (κ3) is 13.0. The first-order chi connectivity index (χ1) is 41.0. The normalized spacial score (nSPS) is 17.3. The molecule has 20 bridgehead atoms. The molecule has 21 heterocycles. The van der Waals surface area contributed by atoms with E-state index < -0.39 is 33.2 Å². The summed E-state index contributed by atoms with van der Waals surface area (Å²) in [5.41, 5.74) is 15.7. The van der Waals surface area contributed by atoms with Gasteiger partial charge in [-0.3, -0.25) is 30.0 Å². The predicted octanol–water partition coefficient (Wildman–Crippen LogP) is 19.4. The number of rotatable bonds is 0. The summed E-state index contributed by atoms with van der Waals surface area (Å²) in [7, 11) is 0. The maximum atomic E-state index is 5.22. The van der Waals surface area contributed by atoms with Crippen LogP contribution in [-0.4, -0.2) is 37.3 Å². The van der Waals surface area contributed by atoms with Gasteiger partial charge in [0.1, 0.15) is 0 Å². The predicted molar refractivity (Wildman–Crippen MR) is 365 cm³/mol. The fourth-order valence-electron chi connectivity index (χ4n) is 10.9. The Balaban J connectivity index is 1.06. The first-order valence-electron chi connectivity index (χ1n) is 29.9. The van der Waals surface area contributed by atoms with Crippen LogP contribution in [0.3, 0.4) is 0 Å². The van der Waals surface area contributed by atoms with E-state index in [0.29, 0.717) is 0 Å². The SMILES string of the molecule is CC1(C)N=Cc2ccc(cc2)N2c3ccc(cc3)C=NC(C)(C)c3cccc(c3)C(C)(C)N=Cc3ccc(cc3)N(c3ccc(cc3)C=NC(C)(C)c3cccc1c3)c1ccc(cc1)C=NC(C)(C)c1cccc(c1)C(C)(C)N=Cc1ccc2cc1. The molecule has 0 radical (unpaired) electrons. The molecule has 86 heavy (non-hydrogen) atoms. The largest absolute Gasteiger partial charge is 0.311 e. The first kappa shape index (κ1) is 58.4. The molecule has 30 rings (SSSR count). The van der Waals surface area contributed by atoms with E-state index in [9.17, 15) is 0 Å². The van der Waals surface area contributed by atoms with Crippen LogP contribution in [0.25, 0.3) is 0 Å². The van der Waals surface area contributed by atoms with E-state index >= 15 is 0 Å². The maximum absolute atomic E-state index is 5.22. The molecule has 8 nitrogen and oxygen atoms in total. The Hall–Kier alpha value is -9.40. The summed E-state index contributed by atoms with van der Waals surface area (Å²) in [4.78, 5) is 35.9. The van der Waals surface area contributed by atoms with E-state index in [1.165, 1.54) is 0 Å². The summed E-state index contributed by atoms with van der Waals surface area (Å²) in [5.74, 6) is 0. The highest BCUT2D eigenvalue weighted by atomic mass is 15.1. The second-order valence-electron chi connectivity index (χ2n) is 25.9. The van der Waals surface area contributed by atoms with Crippen LogP contribution in [0.4, 0.5) is 34.1 Å². The number of aliphatic imine (C=N–C) groups is 6. The van der Waals surface area contributed by atoms with Crippen LogP contribution >= 0.6 is 0 Å². The number of nitrogens with zero attached hydrogens (tertiary/aromatic N) is 8. The van der Waals surface area contributed by atoms with Crippen molar-refractivity contribution in [2.45, 2.75) is 116 Å². The molecule has 0 N–H and O–H groups in total. The van der Waals surface area contributed by atoms with Crippen molar-refractivity contribution in [2.75, 3.05) is 9.80 Å². The van der Waals surface area contributed by atoms with Gasteiger partial charge < -0.3 is 9.80 Å². The van der Waals surface area contributed by atoms with Crippen LogP contribution in [0.2, 0.25) is 0 Å². The molecular formula is C78H78N8. The lowest BCUT2D eigenvalue weighted by Gasteiger charge is -2.27. The molecule has 9 aromatic rings. The molecule has 8 heteroatoms. The molecule has 0 fully saturated rings. The van der Waals surface area contributed by atoms with Gasteiger partial charge >= 0.3 is 0 Å². The van der Waals surface area contributed by atoms with Crippen molar-refractivity contribution in [3.05, 3.63) is 285 Å². The Morgan fingerprint density at radius 1 is 0.198 bits per heavy atom. The average Bonchev–Trinajstić information content (AvgIpc) is 2.13. The Bertz CT molecular complexity index is 3380. The van der Waals surface area contributed by atoms with Crippen LogP contribution in [0.5, 0.6) is 0 Å². The number of hydrogen-bond donors (Lipinski definition) is 0. The smallest absolute Gasteiger partial charge is 0.0800 e. The highest BCUT2D eigenvalue weighted by Gasteiger charge is 2.28. The third-order valence-corrected chi connectivity index (χ3v) is 17.0. The van der Waals surface area contributed by atoms with Crippen LogP contribution in [-0.2, 0) is 33.2 Å². The van der Waals surface area contributed by atoms with Crippen molar-refractivity contribution < 1.29 is 0 Å². The molecule has 0 spiro atoms. The topological polar surface area (TPSA) is 80.6 Å². The lowest BCUT2D eigenvalue weighted by molar-refractivity contribution is 0.540. The van der Waals surface area contributed by atoms with Crippen LogP contribution < -0.4 is 9.80 Å². The molecular weight excluding hydrogens is 1050 g/mol. The Morgan fingerprint density at radius 2 is 0.337 bits per heavy atom. The van der Waals surface area contributed by atoms with Gasteiger partial charge in [-0.15, -0.1) is 0 Å². The van der Waals surface area contributed by atoms with Crippen molar-refractivity contribution in [3.63, 3.8) is 0 Å². The fourth-order valence-corrected chi connectivity index (χ4v) is 10.9. The summed E-state index contributed by atoms with van der Waals surface area (Å²) in [5, 5.41) is 0. The van der Waals surface area contributed by atoms with Crippen molar-refractivity contribution in [1.82, 2.24) is 0 Å². The molecule has 0 saturated heterocycles. The minimum atomic E-state index is -0.516. The highest BCUT2D eigenvalue weighted by molar-refractivity contribution is 5.89. The van der Waals surface area contributed by atoms with E-state index in [-0.39, 0.29) is 0 Å². The lowest BCUT2D eigenvalue weighted by Crippen LogP contribution is -2.19. The first-order valence-corrected chi connectivity index (χ1v) is 29.9. The van der Waals surface area contributed by atoms with Crippen molar-refractivity contribution in [1.29, 1.82) is 0 Å². The quantitative estimate of drug-likeness (QED) is 0.152. The molecule has 430 valence electrons. The molecule has 21 aliphatic rings. The van der Waals surface area contributed by atoms with Crippen molar-refractivity contribution in [2.24, 2.45) is 30.0 Å². The standard InChI is InChI=1S/C78H78N8/c1-73(2)61-16-13-17-62(46-61)74(3,4)80-50-56-24-36-70(37-25-56)86-71-42-30-59(31-43-71)53-83-77(9,10)65-20-14-18-63(47-65)75(5,6)81-51-57-26-38-68(39-27-57)85(67-34-22-55(23-35-67)49-79-73)69-40-28-58(29-41-69)52-82-76(7,8)64-19-15-21-66(48-64)78(11,12)84-54-60-32-44-72(86)45-33-60/h13-54H,1-12H3. The summed E-state index contributed by atoms with van der Waals surface area (Å²) < 4.78 is 0. The van der Waals surface area contributed by atoms with Crippen LogP contribution in [0, 0.1) is 0 Å². The number of hydrogen-bond acceptors (Lipinski definition) is 8. The van der Waals surface area contributed by atoms with Crippen molar-refractivity contribution in [3.8, 4) is 0 Å². The van der Waals surface area contributed by atoms with Gasteiger partial charge in [0.15, 0.2) is 0 Å². The number of benzene rings is 9. The summed E-state index contributed by atoms with van der Waals surface area (Å²) in [6.45, 7) is 26.0. The second kappa shape index (κ2) is 23.2. The van der Waals surface area contributed by atoms with E-state index in [0.717, 1.165) is 101 Å². The van der Waals surface area contributed by atoms with Gasteiger partial charge in [0.2, 0.25) is 0 Å². The molecule has 0 unspecified atom stereocenters. The summed E-state index contributed by atoms with van der Waals surface area (Å²) in [6.07, 6.45) is 11.9. The number of anilines is 6. The fraction of sp³-hybridized carbons (Fsp3) is 0.231. The van der Waals surface area contributed by atoms with E-state index in [4.69, 9.17) is 30.0 Å². The highest BCUT2D eigenvalue weighted by Crippen LogP contribution is 2.39. The van der Waals surface area contributed by atoms with Gasteiger partial charge in [0.25, 0.3) is 0 Å². The molecule has 0 saturated carbocycles. The summed E-state index contributed by atoms with van der Waals surface area (Å²) in [6, 6.07) is 77.9. The molecule has 0 atom stereocenters. The average molecular weight is 1130 g/mol. The van der Waals surface area contributed by atoms with Crippen molar-refractivity contribution >= 4 is 71.4 Å². The zero-order valence-electron chi connectivity index (χ0n) is 51.8. The van der Waals surface area contributed by atoms with E-state index in [2.05, 4.69) is 311 Å². The van der Waals surface area contributed by atoms with Gasteiger partial charge in [-0.1, -0.05) is 146 Å². The Morgan fingerprint density at radius 3 is 0.477 bits per heavy atom. The lowest BCUT2D eigenvalue weighted by atomic mass is 9.88. The maximum Gasteiger partial charge on any atom is 0.0800 e. The minimum Gasteiger partial charge on any atom is -0.311 e. The van der Waals surface area contributed by atoms with Gasteiger partial charge in [-0.25, -0.2) is 0 Å². The van der Waals surface area contributed by atoms with Gasteiger partial charge in [0.05, 0.1) is 33.2 Å². The van der Waals surface area contributed by atoms with Gasteiger partial charge in [-0.05, 0) is 223 Å². The van der Waals surface area contributed by atoms with E-state index in [1.54, 1.807) is 0 Å². The molecule has 9 aromatic carbocycles. The third-order valence-electron chi connectivity index (χ3n) is 17.0. The summed E-state index contributed by atoms with van der Waals surface area (Å²) >= 11 is 0. The van der Waals surface area contributed by atoms with Crippen LogP contribution in [0.1, 0.15) is 150 Å². The Kier molecular flexibility index (Phi) is 15.8. The second-order valence-corrected chi connectivity index (χ2v) is 25.9. The molecule has 0 aromatic heterocycles. The monoisotopic (exact) mass is 1130 g/mol. The molecule has 21 aliphatic heterocycles. The molecule has 0 aliphatic carbocycles. The zero-order valence-corrected chi connectivity index (χ0v) is 51.8. The van der Waals surface area contributed by atoms with Crippen LogP contribution in [0.15, 0.2) is 248 Å². The van der Waals surface area contributed by atoms with E-state index in [1.807, 2.05) is 37.3 Å². The van der Waals surface area contributed by atoms with Gasteiger partial charge in [0, 0.05) is 71.4 Å². The van der Waals surface area contributed by atoms with Gasteiger partial charge in [-0.2, -0.15) is 0 Å². The zero-order chi connectivity index (χ0) is 60.5. The Labute approximate surface area is 510 Å². The minimum absolute atomic E-state index is 0.516.